The molecule has 1 N–H and O–H groups in total. The van der Waals surface area contributed by atoms with Gasteiger partial charge in [0.2, 0.25) is 0 Å². The summed E-state index contributed by atoms with van der Waals surface area (Å²) in [4.78, 5) is 12.1. The third kappa shape index (κ3) is 2.82. The molecule has 0 aromatic heterocycles. The normalized spacial score (nSPS) is 13.8. The predicted octanol–water partition coefficient (Wildman–Crippen LogP) is 2.08. The van der Waals surface area contributed by atoms with Crippen LogP contribution in [-0.2, 0) is 15.1 Å². The van der Waals surface area contributed by atoms with Crippen LogP contribution in [0.15, 0.2) is 24.3 Å². The van der Waals surface area contributed by atoms with Gasteiger partial charge in [0.25, 0.3) is 0 Å². The van der Waals surface area contributed by atoms with Crippen LogP contribution in [0.1, 0.15) is 26.3 Å². The van der Waals surface area contributed by atoms with Gasteiger partial charge < -0.3 is 14.8 Å². The summed E-state index contributed by atoms with van der Waals surface area (Å²) in [5.41, 5.74) is -0.116. The molecular weight excluding hydrogens is 230 g/mol. The zero-order valence-electron chi connectivity index (χ0n) is 11.4. The molecule has 0 bridgehead atoms. The molecule has 0 spiro atoms. The van der Waals surface area contributed by atoms with Crippen molar-refractivity contribution in [2.24, 2.45) is 0 Å². The average molecular weight is 251 g/mol. The molecule has 4 nitrogen and oxygen atoms in total. The smallest absolute Gasteiger partial charge is 0.330 e. The van der Waals surface area contributed by atoms with E-state index in [4.69, 9.17) is 9.47 Å². The molecule has 1 atom stereocenters. The largest absolute Gasteiger partial charge is 0.494 e. The van der Waals surface area contributed by atoms with Crippen LogP contribution in [0.5, 0.6) is 5.75 Å². The molecule has 0 aliphatic carbocycles. The first-order valence-electron chi connectivity index (χ1n) is 6.18. The van der Waals surface area contributed by atoms with Crippen LogP contribution in [0, 0.1) is 0 Å². The Labute approximate surface area is 108 Å². The van der Waals surface area contributed by atoms with Gasteiger partial charge in [-0.25, -0.2) is 4.79 Å². The number of likely N-dealkylation sites (N-methyl/N-ethyl adjacent to an activating group) is 1. The summed E-state index contributed by atoms with van der Waals surface area (Å²) in [6.07, 6.45) is 0. The molecule has 1 aromatic carbocycles. The molecule has 0 saturated heterocycles. The summed E-state index contributed by atoms with van der Waals surface area (Å²) in [5, 5.41) is 3.02. The molecule has 18 heavy (non-hydrogen) atoms. The van der Waals surface area contributed by atoms with Crippen molar-refractivity contribution in [2.75, 3.05) is 20.3 Å². The number of ether oxygens (including phenoxy) is 2. The standard InChI is InChI=1S/C14H21NO3/c1-5-17-12-10-8-7-9-11(12)14(3,15-4)13(16)18-6-2/h7-10,15H,5-6H2,1-4H3. The van der Waals surface area contributed by atoms with Crippen molar-refractivity contribution in [1.29, 1.82) is 0 Å². The molecule has 0 heterocycles. The third-order valence-electron chi connectivity index (χ3n) is 2.91. The van der Waals surface area contributed by atoms with Crippen LogP contribution >= 0.6 is 0 Å². The van der Waals surface area contributed by atoms with Crippen LogP contribution < -0.4 is 10.1 Å². The van der Waals surface area contributed by atoms with E-state index < -0.39 is 5.54 Å². The number of esters is 1. The Bertz CT molecular complexity index is 406. The number of benzene rings is 1. The number of hydrogen-bond acceptors (Lipinski definition) is 4. The van der Waals surface area contributed by atoms with E-state index in [0.717, 1.165) is 5.56 Å². The lowest BCUT2D eigenvalue weighted by Gasteiger charge is -2.28. The van der Waals surface area contributed by atoms with Crippen LogP contribution in [0.4, 0.5) is 0 Å². The average Bonchev–Trinajstić information content (AvgIpc) is 2.39. The summed E-state index contributed by atoms with van der Waals surface area (Å²) < 4.78 is 10.7. The summed E-state index contributed by atoms with van der Waals surface area (Å²) in [6.45, 7) is 6.41. The molecule has 4 heteroatoms. The SMILES string of the molecule is CCOC(=O)C(C)(NC)c1ccccc1OCC. The van der Waals surface area contributed by atoms with Gasteiger partial charge in [0, 0.05) is 5.56 Å². The quantitative estimate of drug-likeness (QED) is 0.786. The molecule has 0 fully saturated rings. The highest BCUT2D eigenvalue weighted by Gasteiger charge is 2.37. The monoisotopic (exact) mass is 251 g/mol. The van der Waals surface area contributed by atoms with E-state index in [0.29, 0.717) is 19.0 Å². The molecule has 0 aliphatic heterocycles. The van der Waals surface area contributed by atoms with E-state index in [1.165, 1.54) is 0 Å². The first kappa shape index (κ1) is 14.5. The molecule has 0 amide bonds. The fourth-order valence-electron chi connectivity index (χ4n) is 1.78. The summed E-state index contributed by atoms with van der Waals surface area (Å²) >= 11 is 0. The fraction of sp³-hybridized carbons (Fsp3) is 0.500. The number of carbonyl (C=O) groups is 1. The van der Waals surface area contributed by atoms with E-state index in [1.807, 2.05) is 31.2 Å². The van der Waals surface area contributed by atoms with Crippen LogP contribution in [0.2, 0.25) is 0 Å². The van der Waals surface area contributed by atoms with Crippen molar-refractivity contribution in [3.8, 4) is 5.75 Å². The highest BCUT2D eigenvalue weighted by molar-refractivity contribution is 5.83. The number of para-hydroxylation sites is 1. The van der Waals surface area contributed by atoms with Gasteiger partial charge in [-0.3, -0.25) is 0 Å². The summed E-state index contributed by atoms with van der Waals surface area (Å²) in [5.74, 6) is 0.393. The Morgan fingerprint density at radius 1 is 1.28 bits per heavy atom. The minimum atomic E-state index is -0.901. The number of rotatable bonds is 6. The van der Waals surface area contributed by atoms with E-state index >= 15 is 0 Å². The highest BCUT2D eigenvalue weighted by atomic mass is 16.5. The van der Waals surface area contributed by atoms with Crippen molar-refractivity contribution in [3.05, 3.63) is 29.8 Å². The fourth-order valence-corrected chi connectivity index (χ4v) is 1.78. The summed E-state index contributed by atoms with van der Waals surface area (Å²) in [6, 6.07) is 7.49. The third-order valence-corrected chi connectivity index (χ3v) is 2.91. The van der Waals surface area contributed by atoms with E-state index in [1.54, 1.807) is 20.9 Å². The van der Waals surface area contributed by atoms with Crippen LogP contribution in [-0.4, -0.2) is 26.2 Å². The van der Waals surface area contributed by atoms with Gasteiger partial charge >= 0.3 is 5.97 Å². The lowest BCUT2D eigenvalue weighted by atomic mass is 9.91. The van der Waals surface area contributed by atoms with Crippen molar-refractivity contribution in [3.63, 3.8) is 0 Å². The molecule has 0 saturated carbocycles. The Hall–Kier alpha value is -1.55. The first-order chi connectivity index (χ1) is 8.60. The molecule has 0 aliphatic rings. The minimum Gasteiger partial charge on any atom is -0.494 e. The second kappa shape index (κ2) is 6.40. The zero-order valence-corrected chi connectivity index (χ0v) is 11.4. The molecule has 1 aromatic rings. The van der Waals surface area contributed by atoms with E-state index in [9.17, 15) is 4.79 Å². The zero-order chi connectivity index (χ0) is 13.6. The number of carbonyl (C=O) groups excluding carboxylic acids is 1. The number of nitrogens with one attached hydrogen (secondary N) is 1. The number of hydrogen-bond donors (Lipinski definition) is 1. The minimum absolute atomic E-state index is 0.306. The van der Waals surface area contributed by atoms with Crippen molar-refractivity contribution >= 4 is 5.97 Å². The molecule has 100 valence electrons. The highest BCUT2D eigenvalue weighted by Crippen LogP contribution is 2.30. The van der Waals surface area contributed by atoms with Gasteiger partial charge in [-0.15, -0.1) is 0 Å². The Balaban J connectivity index is 3.18. The van der Waals surface area contributed by atoms with Gasteiger partial charge in [0.1, 0.15) is 11.3 Å². The van der Waals surface area contributed by atoms with Crippen molar-refractivity contribution < 1.29 is 14.3 Å². The molecule has 1 unspecified atom stereocenters. The predicted molar refractivity (Wildman–Crippen MR) is 70.7 cm³/mol. The maximum atomic E-state index is 12.1. The summed E-state index contributed by atoms with van der Waals surface area (Å²) in [7, 11) is 1.74. The molecule has 1 rings (SSSR count). The van der Waals surface area contributed by atoms with Gasteiger partial charge in [-0.05, 0) is 33.9 Å². The Morgan fingerprint density at radius 2 is 1.94 bits per heavy atom. The first-order valence-corrected chi connectivity index (χ1v) is 6.18. The second-order valence-corrected chi connectivity index (χ2v) is 4.02. The topological polar surface area (TPSA) is 47.6 Å². The van der Waals surface area contributed by atoms with Gasteiger partial charge in [0.05, 0.1) is 13.2 Å². The van der Waals surface area contributed by atoms with Crippen LogP contribution in [0.3, 0.4) is 0 Å². The lowest BCUT2D eigenvalue weighted by Crippen LogP contribution is -2.46. The van der Waals surface area contributed by atoms with E-state index in [-0.39, 0.29) is 5.97 Å². The second-order valence-electron chi connectivity index (χ2n) is 4.02. The Morgan fingerprint density at radius 3 is 2.50 bits per heavy atom. The van der Waals surface area contributed by atoms with Gasteiger partial charge in [-0.1, -0.05) is 18.2 Å². The van der Waals surface area contributed by atoms with Gasteiger partial charge in [-0.2, -0.15) is 0 Å². The van der Waals surface area contributed by atoms with Gasteiger partial charge in [0.15, 0.2) is 0 Å². The Kier molecular flexibility index (Phi) is 5.16. The molecular formula is C14H21NO3. The maximum absolute atomic E-state index is 12.1. The maximum Gasteiger partial charge on any atom is 0.330 e. The lowest BCUT2D eigenvalue weighted by molar-refractivity contribution is -0.150. The van der Waals surface area contributed by atoms with E-state index in [2.05, 4.69) is 5.32 Å². The molecule has 0 radical (unpaired) electrons. The van der Waals surface area contributed by atoms with Crippen molar-refractivity contribution in [1.82, 2.24) is 5.32 Å². The van der Waals surface area contributed by atoms with Crippen molar-refractivity contribution in [2.45, 2.75) is 26.3 Å². The van der Waals surface area contributed by atoms with Crippen LogP contribution in [0.25, 0.3) is 0 Å².